The van der Waals surface area contributed by atoms with Crippen molar-refractivity contribution in [3.63, 3.8) is 0 Å². The summed E-state index contributed by atoms with van der Waals surface area (Å²) >= 11 is 1.91. The molecule has 4 N–H and O–H groups in total. The van der Waals surface area contributed by atoms with Crippen molar-refractivity contribution in [2.45, 2.75) is 38.4 Å². The van der Waals surface area contributed by atoms with Gasteiger partial charge in [-0.15, -0.1) is 0 Å². The average molecular weight is 360 g/mol. The minimum atomic E-state index is 0.534. The number of thioether (sulfide) groups is 1. The van der Waals surface area contributed by atoms with Crippen molar-refractivity contribution in [2.24, 2.45) is 10.7 Å². The molecule has 5 nitrogen and oxygen atoms in total. The van der Waals surface area contributed by atoms with E-state index in [1.54, 1.807) is 6.33 Å². The molecule has 0 fully saturated rings. The van der Waals surface area contributed by atoms with Crippen LogP contribution < -0.4 is 11.1 Å². The van der Waals surface area contributed by atoms with Gasteiger partial charge in [0.1, 0.15) is 0 Å². The lowest BCUT2D eigenvalue weighted by molar-refractivity contribution is 0.806. The van der Waals surface area contributed by atoms with Crippen molar-refractivity contribution in [3.05, 3.63) is 53.6 Å². The first-order valence-electron chi connectivity index (χ1n) is 8.83. The van der Waals surface area contributed by atoms with Crippen molar-refractivity contribution in [3.8, 4) is 0 Å². The Hall–Kier alpha value is -1.95. The number of imidazole rings is 1. The van der Waals surface area contributed by atoms with E-state index < -0.39 is 0 Å². The smallest absolute Gasteiger partial charge is 0.188 e. The number of H-pyrrole nitrogens is 1. The number of nitrogens with one attached hydrogen (secondary N) is 2. The first-order valence-corrected chi connectivity index (χ1v) is 9.98. The van der Waals surface area contributed by atoms with E-state index in [-0.39, 0.29) is 0 Å². The van der Waals surface area contributed by atoms with E-state index >= 15 is 0 Å². The second-order valence-electron chi connectivity index (χ2n) is 6.32. The summed E-state index contributed by atoms with van der Waals surface area (Å²) in [6.07, 6.45) is 5.46. The molecule has 6 heteroatoms. The molecule has 2 aromatic rings. The van der Waals surface area contributed by atoms with Gasteiger partial charge in [-0.05, 0) is 29.9 Å². The number of aliphatic imine (C=N–C) groups is 1. The summed E-state index contributed by atoms with van der Waals surface area (Å²) in [5, 5.41) is 3.17. The molecule has 1 aromatic heterocycles. The van der Waals surface area contributed by atoms with Crippen LogP contribution in [-0.4, -0.2) is 34.8 Å². The summed E-state index contributed by atoms with van der Waals surface area (Å²) in [6, 6.07) is 8.91. The summed E-state index contributed by atoms with van der Waals surface area (Å²) in [5.41, 5.74) is 9.78. The molecule has 0 saturated heterocycles. The maximum absolute atomic E-state index is 5.88. The minimum Gasteiger partial charge on any atom is -0.370 e. The zero-order chi connectivity index (χ0) is 17.9. The van der Waals surface area contributed by atoms with Crippen molar-refractivity contribution in [1.82, 2.24) is 15.3 Å². The summed E-state index contributed by atoms with van der Waals surface area (Å²) in [5.74, 6) is 3.16. The maximum Gasteiger partial charge on any atom is 0.188 e. The number of nitrogens with two attached hydrogens (primary N) is 1. The van der Waals surface area contributed by atoms with Crippen molar-refractivity contribution in [1.29, 1.82) is 0 Å². The van der Waals surface area contributed by atoms with Gasteiger partial charge in [0.15, 0.2) is 5.96 Å². The Bertz CT molecular complexity index is 620. The van der Waals surface area contributed by atoms with Gasteiger partial charge in [-0.2, -0.15) is 11.8 Å². The van der Waals surface area contributed by atoms with E-state index in [1.807, 2.05) is 18.0 Å². The molecule has 0 aliphatic carbocycles. The van der Waals surface area contributed by atoms with Crippen LogP contribution in [0.15, 0.2) is 41.8 Å². The van der Waals surface area contributed by atoms with Crippen LogP contribution in [0.5, 0.6) is 0 Å². The molecule has 0 saturated carbocycles. The third-order valence-corrected chi connectivity index (χ3v) is 4.94. The number of hydrogen-bond acceptors (Lipinski definition) is 3. The standard InChI is InChI=1S/C19H29N5S/c1-15(2)17-7-5-16(6-8-17)13-25-11-10-23-19(20)22-9-3-4-18-12-21-14-24-18/h5-8,12,14-15H,3-4,9-11,13H2,1-2H3,(H,21,24)(H3,20,22,23). The van der Waals surface area contributed by atoms with Crippen molar-refractivity contribution in [2.75, 3.05) is 18.8 Å². The fourth-order valence-electron chi connectivity index (χ4n) is 2.39. The van der Waals surface area contributed by atoms with Crippen molar-refractivity contribution < 1.29 is 0 Å². The monoisotopic (exact) mass is 359 g/mol. The highest BCUT2D eigenvalue weighted by Crippen LogP contribution is 2.17. The van der Waals surface area contributed by atoms with Gasteiger partial charge in [-0.3, -0.25) is 4.99 Å². The molecule has 0 aliphatic rings. The molecule has 1 aromatic carbocycles. The number of rotatable bonds is 10. The summed E-state index contributed by atoms with van der Waals surface area (Å²) in [7, 11) is 0. The summed E-state index contributed by atoms with van der Waals surface area (Å²) in [6.45, 7) is 6.01. The first-order chi connectivity index (χ1) is 12.1. The number of aromatic amines is 1. The molecule has 0 atom stereocenters. The Morgan fingerprint density at radius 1 is 1.32 bits per heavy atom. The highest BCUT2D eigenvalue weighted by atomic mass is 32.2. The summed E-state index contributed by atoms with van der Waals surface area (Å²) < 4.78 is 0. The highest BCUT2D eigenvalue weighted by Gasteiger charge is 1.99. The van der Waals surface area contributed by atoms with Gasteiger partial charge < -0.3 is 16.0 Å². The lowest BCUT2D eigenvalue weighted by Gasteiger charge is -2.08. The van der Waals surface area contributed by atoms with Crippen LogP contribution in [0, 0.1) is 0 Å². The Kier molecular flexibility index (Phi) is 8.39. The van der Waals surface area contributed by atoms with Crippen LogP contribution >= 0.6 is 11.8 Å². The molecule has 2 rings (SSSR count). The number of guanidine groups is 1. The lowest BCUT2D eigenvalue weighted by Crippen LogP contribution is -2.33. The van der Waals surface area contributed by atoms with Crippen LogP contribution in [-0.2, 0) is 12.2 Å². The third-order valence-electron chi connectivity index (χ3n) is 3.91. The second kappa shape index (κ2) is 10.8. The van der Waals surface area contributed by atoms with E-state index in [0.29, 0.717) is 11.9 Å². The molecule has 0 spiro atoms. The number of hydrogen-bond donors (Lipinski definition) is 3. The highest BCUT2D eigenvalue weighted by molar-refractivity contribution is 7.98. The van der Waals surface area contributed by atoms with Gasteiger partial charge in [-0.25, -0.2) is 4.98 Å². The molecule has 0 aliphatic heterocycles. The number of aromatic nitrogens is 2. The molecule has 0 unspecified atom stereocenters. The molecule has 0 bridgehead atoms. The average Bonchev–Trinajstić information content (AvgIpc) is 3.12. The van der Waals surface area contributed by atoms with Gasteiger partial charge in [0, 0.05) is 36.5 Å². The zero-order valence-electron chi connectivity index (χ0n) is 15.2. The second-order valence-corrected chi connectivity index (χ2v) is 7.43. The SMILES string of the molecule is CC(C)c1ccc(CSCCNC(N)=NCCCc2cnc[nH]2)cc1. The largest absolute Gasteiger partial charge is 0.370 e. The Morgan fingerprint density at radius 3 is 2.80 bits per heavy atom. The Balaban J connectivity index is 1.53. The fourth-order valence-corrected chi connectivity index (χ4v) is 3.21. The Labute approximate surface area is 154 Å². The van der Waals surface area contributed by atoms with E-state index in [4.69, 9.17) is 5.73 Å². The lowest BCUT2D eigenvalue weighted by atomic mass is 10.0. The number of aryl methyl sites for hydroxylation is 1. The van der Waals surface area contributed by atoms with E-state index in [9.17, 15) is 0 Å². The van der Waals surface area contributed by atoms with Crippen LogP contribution in [0.2, 0.25) is 0 Å². The van der Waals surface area contributed by atoms with E-state index in [0.717, 1.165) is 43.1 Å². The molecule has 1 heterocycles. The maximum atomic E-state index is 5.88. The van der Waals surface area contributed by atoms with Gasteiger partial charge in [-0.1, -0.05) is 38.1 Å². The van der Waals surface area contributed by atoms with Gasteiger partial charge in [0.05, 0.1) is 6.33 Å². The van der Waals surface area contributed by atoms with Crippen LogP contribution in [0.25, 0.3) is 0 Å². The zero-order valence-corrected chi connectivity index (χ0v) is 16.0. The minimum absolute atomic E-state index is 0.534. The molecule has 136 valence electrons. The van der Waals surface area contributed by atoms with Crippen molar-refractivity contribution >= 4 is 17.7 Å². The van der Waals surface area contributed by atoms with Gasteiger partial charge in [0.25, 0.3) is 0 Å². The van der Waals surface area contributed by atoms with Gasteiger partial charge in [0.2, 0.25) is 0 Å². The molecule has 0 radical (unpaired) electrons. The predicted molar refractivity (Wildman–Crippen MR) is 108 cm³/mol. The molecule has 0 amide bonds. The molecule has 25 heavy (non-hydrogen) atoms. The van der Waals surface area contributed by atoms with Crippen LogP contribution in [0.4, 0.5) is 0 Å². The molecular formula is C19H29N5S. The summed E-state index contributed by atoms with van der Waals surface area (Å²) in [4.78, 5) is 11.4. The fraction of sp³-hybridized carbons (Fsp3) is 0.474. The topological polar surface area (TPSA) is 79.1 Å². The first kappa shape index (κ1) is 19.4. The normalized spacial score (nSPS) is 11.9. The van der Waals surface area contributed by atoms with Crippen LogP contribution in [0.1, 0.15) is 43.0 Å². The van der Waals surface area contributed by atoms with E-state index in [2.05, 4.69) is 58.4 Å². The van der Waals surface area contributed by atoms with E-state index in [1.165, 1.54) is 11.1 Å². The number of benzene rings is 1. The quantitative estimate of drug-likeness (QED) is 0.345. The number of nitrogens with zero attached hydrogens (tertiary/aromatic N) is 2. The molecular weight excluding hydrogens is 330 g/mol. The van der Waals surface area contributed by atoms with Crippen LogP contribution in [0.3, 0.4) is 0 Å². The third kappa shape index (κ3) is 7.65. The predicted octanol–water partition coefficient (Wildman–Crippen LogP) is 3.30. The van der Waals surface area contributed by atoms with Gasteiger partial charge >= 0.3 is 0 Å². The Morgan fingerprint density at radius 2 is 2.12 bits per heavy atom.